The summed E-state index contributed by atoms with van der Waals surface area (Å²) in [7, 11) is 0. The Labute approximate surface area is 101 Å². The van der Waals surface area contributed by atoms with E-state index in [1.807, 2.05) is 18.2 Å². The van der Waals surface area contributed by atoms with Crippen molar-refractivity contribution in [3.05, 3.63) is 23.8 Å². The van der Waals surface area contributed by atoms with Crippen molar-refractivity contribution >= 4 is 0 Å². The van der Waals surface area contributed by atoms with E-state index in [2.05, 4.69) is 5.32 Å². The summed E-state index contributed by atoms with van der Waals surface area (Å²) in [5.41, 5.74) is 0.479. The molecule has 2 aliphatic heterocycles. The highest BCUT2D eigenvalue weighted by atomic mass is 16.7. The number of hydrogen-bond donors (Lipinski definition) is 2. The lowest BCUT2D eigenvalue weighted by Crippen LogP contribution is -2.47. The Bertz CT molecular complexity index is 413. The van der Waals surface area contributed by atoms with Gasteiger partial charge in [0.05, 0.1) is 5.60 Å². The molecule has 1 atom stereocenters. The molecular formula is C13H17NO3. The second kappa shape index (κ2) is 4.20. The van der Waals surface area contributed by atoms with Crippen LogP contribution < -0.4 is 14.8 Å². The Morgan fingerprint density at radius 2 is 2.18 bits per heavy atom. The number of rotatable bonds is 2. The average molecular weight is 235 g/mol. The highest BCUT2D eigenvalue weighted by Gasteiger charge is 2.29. The molecule has 0 spiro atoms. The summed E-state index contributed by atoms with van der Waals surface area (Å²) in [5.74, 6) is 1.58. The van der Waals surface area contributed by atoms with Crippen LogP contribution in [0.2, 0.25) is 0 Å². The lowest BCUT2D eigenvalue weighted by molar-refractivity contribution is 0.0169. The molecule has 0 radical (unpaired) electrons. The van der Waals surface area contributed by atoms with Gasteiger partial charge in [-0.25, -0.2) is 0 Å². The fourth-order valence-electron chi connectivity index (χ4n) is 2.53. The van der Waals surface area contributed by atoms with Gasteiger partial charge in [0, 0.05) is 13.0 Å². The van der Waals surface area contributed by atoms with E-state index in [4.69, 9.17) is 9.47 Å². The molecule has 0 bridgehead atoms. The molecule has 1 saturated heterocycles. The molecule has 1 aromatic rings. The molecule has 0 aliphatic carbocycles. The first-order valence-electron chi connectivity index (χ1n) is 6.07. The fourth-order valence-corrected chi connectivity index (χ4v) is 2.53. The largest absolute Gasteiger partial charge is 0.454 e. The third kappa shape index (κ3) is 2.23. The number of β-amino-alcohol motifs (C(OH)–C–C–N with tert-alkyl or cyclic N) is 1. The van der Waals surface area contributed by atoms with Gasteiger partial charge in [-0.1, -0.05) is 6.07 Å². The Morgan fingerprint density at radius 1 is 1.29 bits per heavy atom. The van der Waals surface area contributed by atoms with Gasteiger partial charge in [-0.15, -0.1) is 0 Å². The minimum atomic E-state index is -0.619. The molecule has 1 fully saturated rings. The Balaban J connectivity index is 1.76. The molecule has 4 nitrogen and oxygen atoms in total. The summed E-state index contributed by atoms with van der Waals surface area (Å²) in [6.45, 7) is 1.97. The van der Waals surface area contributed by atoms with Gasteiger partial charge in [-0.2, -0.15) is 0 Å². The number of aliphatic hydroxyl groups is 1. The average Bonchev–Trinajstić information content (AvgIpc) is 2.76. The van der Waals surface area contributed by atoms with Gasteiger partial charge in [0.25, 0.3) is 0 Å². The number of nitrogens with one attached hydrogen (secondary N) is 1. The number of fused-ring (bicyclic) bond motifs is 1. The van der Waals surface area contributed by atoms with Gasteiger partial charge in [0.2, 0.25) is 6.79 Å². The van der Waals surface area contributed by atoms with Crippen LogP contribution in [-0.2, 0) is 6.42 Å². The number of hydrogen-bond acceptors (Lipinski definition) is 4. The summed E-state index contributed by atoms with van der Waals surface area (Å²) in [4.78, 5) is 0. The molecule has 3 rings (SSSR count). The summed E-state index contributed by atoms with van der Waals surface area (Å²) < 4.78 is 10.6. The molecule has 92 valence electrons. The van der Waals surface area contributed by atoms with Crippen molar-refractivity contribution in [3.8, 4) is 11.5 Å². The molecule has 1 aromatic carbocycles. The van der Waals surface area contributed by atoms with E-state index in [1.54, 1.807) is 0 Å². The zero-order valence-electron chi connectivity index (χ0n) is 9.74. The lowest BCUT2D eigenvalue weighted by Gasteiger charge is -2.32. The molecule has 17 heavy (non-hydrogen) atoms. The zero-order chi connectivity index (χ0) is 11.7. The van der Waals surface area contributed by atoms with Crippen molar-refractivity contribution in [1.82, 2.24) is 5.32 Å². The molecule has 2 aliphatic rings. The van der Waals surface area contributed by atoms with Crippen LogP contribution >= 0.6 is 0 Å². The lowest BCUT2D eigenvalue weighted by atomic mass is 9.87. The first-order valence-corrected chi connectivity index (χ1v) is 6.07. The first-order chi connectivity index (χ1) is 8.25. The molecule has 0 amide bonds. The van der Waals surface area contributed by atoms with Crippen molar-refractivity contribution in [2.24, 2.45) is 0 Å². The van der Waals surface area contributed by atoms with Crippen LogP contribution in [0, 0.1) is 0 Å². The smallest absolute Gasteiger partial charge is 0.231 e. The van der Waals surface area contributed by atoms with E-state index in [1.165, 1.54) is 0 Å². The maximum absolute atomic E-state index is 10.4. The SMILES string of the molecule is OC1(Cc2ccc3c(c2)OCO3)CCCNC1. The van der Waals surface area contributed by atoms with E-state index < -0.39 is 5.60 Å². The molecule has 0 saturated carbocycles. The van der Waals surface area contributed by atoms with Crippen LogP contribution in [0.25, 0.3) is 0 Å². The third-order valence-corrected chi connectivity index (χ3v) is 3.42. The predicted molar refractivity (Wildman–Crippen MR) is 63.3 cm³/mol. The molecular weight excluding hydrogens is 218 g/mol. The van der Waals surface area contributed by atoms with Crippen LogP contribution in [0.5, 0.6) is 11.5 Å². The Morgan fingerprint density at radius 3 is 3.00 bits per heavy atom. The summed E-state index contributed by atoms with van der Waals surface area (Å²) >= 11 is 0. The molecule has 1 unspecified atom stereocenters. The number of piperidine rings is 1. The van der Waals surface area contributed by atoms with Gasteiger partial charge in [0.15, 0.2) is 11.5 Å². The summed E-state index contributed by atoms with van der Waals surface area (Å²) in [6.07, 6.45) is 2.55. The minimum absolute atomic E-state index is 0.296. The van der Waals surface area contributed by atoms with Crippen LogP contribution in [-0.4, -0.2) is 30.6 Å². The number of ether oxygens (including phenoxy) is 2. The van der Waals surface area contributed by atoms with Crippen molar-refractivity contribution < 1.29 is 14.6 Å². The summed E-state index contributed by atoms with van der Waals surface area (Å²) in [5, 5.41) is 13.7. The van der Waals surface area contributed by atoms with E-state index >= 15 is 0 Å². The minimum Gasteiger partial charge on any atom is -0.454 e. The molecule has 2 N–H and O–H groups in total. The fraction of sp³-hybridized carbons (Fsp3) is 0.538. The van der Waals surface area contributed by atoms with Crippen molar-refractivity contribution in [2.75, 3.05) is 19.9 Å². The Hall–Kier alpha value is -1.26. The second-order valence-corrected chi connectivity index (χ2v) is 4.87. The predicted octanol–water partition coefficient (Wildman–Crippen LogP) is 1.07. The maximum Gasteiger partial charge on any atom is 0.231 e. The second-order valence-electron chi connectivity index (χ2n) is 4.87. The van der Waals surface area contributed by atoms with E-state index in [9.17, 15) is 5.11 Å². The molecule has 4 heteroatoms. The molecule has 0 aromatic heterocycles. The van der Waals surface area contributed by atoms with Crippen molar-refractivity contribution in [1.29, 1.82) is 0 Å². The van der Waals surface area contributed by atoms with Gasteiger partial charge >= 0.3 is 0 Å². The summed E-state index contributed by atoms with van der Waals surface area (Å²) in [6, 6.07) is 5.88. The Kier molecular flexibility index (Phi) is 2.68. The topological polar surface area (TPSA) is 50.7 Å². The maximum atomic E-state index is 10.4. The zero-order valence-corrected chi connectivity index (χ0v) is 9.74. The standard InChI is InChI=1S/C13H17NO3/c15-13(4-1-5-14-8-13)7-10-2-3-11-12(6-10)17-9-16-11/h2-3,6,14-15H,1,4-5,7-9H2. The van der Waals surface area contributed by atoms with Gasteiger partial charge in [-0.05, 0) is 37.1 Å². The number of benzene rings is 1. The van der Waals surface area contributed by atoms with E-state index in [0.29, 0.717) is 19.8 Å². The van der Waals surface area contributed by atoms with E-state index in [0.717, 1.165) is 36.4 Å². The van der Waals surface area contributed by atoms with E-state index in [-0.39, 0.29) is 0 Å². The van der Waals surface area contributed by atoms with Crippen LogP contribution in [0.3, 0.4) is 0 Å². The van der Waals surface area contributed by atoms with Gasteiger partial charge < -0.3 is 19.9 Å². The third-order valence-electron chi connectivity index (χ3n) is 3.42. The highest BCUT2D eigenvalue weighted by molar-refractivity contribution is 5.44. The van der Waals surface area contributed by atoms with Crippen molar-refractivity contribution in [3.63, 3.8) is 0 Å². The normalized spacial score (nSPS) is 27.1. The monoisotopic (exact) mass is 235 g/mol. The highest BCUT2D eigenvalue weighted by Crippen LogP contribution is 2.34. The van der Waals surface area contributed by atoms with Crippen molar-refractivity contribution in [2.45, 2.75) is 24.9 Å². The van der Waals surface area contributed by atoms with Crippen LogP contribution in [0.4, 0.5) is 0 Å². The van der Waals surface area contributed by atoms with Crippen LogP contribution in [0.15, 0.2) is 18.2 Å². The molecule has 2 heterocycles. The van der Waals surface area contributed by atoms with Crippen LogP contribution in [0.1, 0.15) is 18.4 Å². The quantitative estimate of drug-likeness (QED) is 0.805. The first kappa shape index (κ1) is 10.9. The van der Waals surface area contributed by atoms with Gasteiger partial charge in [-0.3, -0.25) is 0 Å². The van der Waals surface area contributed by atoms with Gasteiger partial charge in [0.1, 0.15) is 0 Å².